The van der Waals surface area contributed by atoms with E-state index in [1.54, 1.807) is 43.0 Å². The highest BCUT2D eigenvalue weighted by Gasteiger charge is 2.42. The molecule has 1 fully saturated rings. The van der Waals surface area contributed by atoms with E-state index in [9.17, 15) is 14.4 Å². The van der Waals surface area contributed by atoms with E-state index < -0.39 is 16.9 Å². The number of anilines is 1. The lowest BCUT2D eigenvalue weighted by Gasteiger charge is -2.30. The van der Waals surface area contributed by atoms with Gasteiger partial charge in [-0.2, -0.15) is 0 Å². The summed E-state index contributed by atoms with van der Waals surface area (Å²) < 4.78 is 4.91. The lowest BCUT2D eigenvalue weighted by molar-refractivity contribution is -0.130. The number of ether oxygens (including phenoxy) is 1. The van der Waals surface area contributed by atoms with Gasteiger partial charge < -0.3 is 15.0 Å². The van der Waals surface area contributed by atoms with Gasteiger partial charge in [-0.3, -0.25) is 9.59 Å². The highest BCUT2D eigenvalue weighted by atomic mass is 32.2. The summed E-state index contributed by atoms with van der Waals surface area (Å²) in [4.78, 5) is 36.3. The molecule has 0 saturated carbocycles. The van der Waals surface area contributed by atoms with Gasteiger partial charge >= 0.3 is 5.97 Å². The van der Waals surface area contributed by atoms with Crippen LogP contribution in [0.3, 0.4) is 0 Å². The fourth-order valence-corrected chi connectivity index (χ4v) is 3.54. The van der Waals surface area contributed by atoms with E-state index in [2.05, 4.69) is 5.32 Å². The van der Waals surface area contributed by atoms with E-state index >= 15 is 0 Å². The molecule has 1 aliphatic rings. The number of benzene rings is 1. The zero-order chi connectivity index (χ0) is 17.0. The van der Waals surface area contributed by atoms with Crippen LogP contribution in [0.2, 0.25) is 0 Å². The Bertz CT molecular complexity index is 601. The quantitative estimate of drug-likeness (QED) is 0.658. The highest BCUT2D eigenvalue weighted by Crippen LogP contribution is 2.37. The van der Waals surface area contributed by atoms with Crippen LogP contribution in [0.1, 0.15) is 31.1 Å². The zero-order valence-electron chi connectivity index (χ0n) is 13.4. The second-order valence-corrected chi connectivity index (χ2v) is 7.19. The summed E-state index contributed by atoms with van der Waals surface area (Å²) in [6, 6.07) is 5.97. The Morgan fingerprint density at radius 1 is 1.39 bits per heavy atom. The first kappa shape index (κ1) is 17.3. The first-order valence-electron chi connectivity index (χ1n) is 7.34. The molecule has 23 heavy (non-hydrogen) atoms. The van der Waals surface area contributed by atoms with E-state index in [1.165, 1.54) is 4.90 Å². The topological polar surface area (TPSA) is 75.7 Å². The van der Waals surface area contributed by atoms with Crippen LogP contribution in [-0.2, 0) is 14.3 Å². The molecule has 1 aromatic carbocycles. The fraction of sp³-hybridized carbons (Fsp3) is 0.438. The molecule has 0 aliphatic carbocycles. The summed E-state index contributed by atoms with van der Waals surface area (Å²) in [5, 5.41) is 2.78. The maximum Gasteiger partial charge on any atom is 0.338 e. The van der Waals surface area contributed by atoms with Gasteiger partial charge in [0, 0.05) is 11.4 Å². The molecule has 2 rings (SSSR count). The van der Waals surface area contributed by atoms with Crippen molar-refractivity contribution in [1.29, 1.82) is 0 Å². The van der Waals surface area contributed by atoms with Crippen LogP contribution < -0.4 is 5.32 Å². The number of carbonyl (C=O) groups is 3. The van der Waals surface area contributed by atoms with Gasteiger partial charge in [0.15, 0.2) is 0 Å². The molecule has 1 aromatic rings. The molecule has 0 radical (unpaired) electrons. The van der Waals surface area contributed by atoms with Crippen molar-refractivity contribution < 1.29 is 19.1 Å². The molecule has 1 atom stereocenters. The molecule has 6 nitrogen and oxygen atoms in total. The predicted octanol–water partition coefficient (Wildman–Crippen LogP) is 2.11. The minimum absolute atomic E-state index is 0.237. The van der Waals surface area contributed by atoms with E-state index in [-0.39, 0.29) is 5.91 Å². The molecule has 1 unspecified atom stereocenters. The largest absolute Gasteiger partial charge is 0.462 e. The fourth-order valence-electron chi connectivity index (χ4n) is 2.35. The Morgan fingerprint density at radius 2 is 2.04 bits per heavy atom. The zero-order valence-corrected chi connectivity index (χ0v) is 14.2. The third kappa shape index (κ3) is 3.85. The normalized spacial score (nSPS) is 19.3. The highest BCUT2D eigenvalue weighted by molar-refractivity contribution is 8.00. The summed E-state index contributed by atoms with van der Waals surface area (Å²) in [6.07, 6.45) is 0.716. The molecule has 0 aromatic heterocycles. The summed E-state index contributed by atoms with van der Waals surface area (Å²) in [5.74, 6) is -0.0797. The van der Waals surface area contributed by atoms with Crippen molar-refractivity contribution in [2.45, 2.75) is 31.7 Å². The molecule has 0 spiro atoms. The summed E-state index contributed by atoms with van der Waals surface area (Å²) >= 11 is 1.56. The first-order valence-corrected chi connectivity index (χ1v) is 8.33. The maximum atomic E-state index is 12.4. The number of rotatable bonds is 5. The molecule has 2 amide bonds. The summed E-state index contributed by atoms with van der Waals surface area (Å²) in [5.41, 5.74) is 1.00. The maximum absolute atomic E-state index is 12.4. The van der Waals surface area contributed by atoms with Gasteiger partial charge in [0.05, 0.1) is 17.0 Å². The third-order valence-electron chi connectivity index (χ3n) is 3.63. The van der Waals surface area contributed by atoms with Crippen LogP contribution in [-0.4, -0.2) is 46.5 Å². The smallest absolute Gasteiger partial charge is 0.338 e. The SMILES string of the molecule is CCOC(=O)c1ccc(NC(=O)C2CSC(C)(C)N2C=O)cc1. The molecular weight excluding hydrogens is 316 g/mol. The first-order chi connectivity index (χ1) is 10.9. The Morgan fingerprint density at radius 3 is 2.61 bits per heavy atom. The summed E-state index contributed by atoms with van der Waals surface area (Å²) in [6.45, 7) is 5.88. The van der Waals surface area contributed by atoms with Crippen molar-refractivity contribution in [3.8, 4) is 0 Å². The molecular formula is C16H20N2O4S. The van der Waals surface area contributed by atoms with Gasteiger partial charge in [-0.25, -0.2) is 4.79 Å². The Balaban J connectivity index is 2.03. The van der Waals surface area contributed by atoms with Gasteiger partial charge in [-0.1, -0.05) is 0 Å². The average Bonchev–Trinajstić information content (AvgIpc) is 2.82. The number of amides is 2. The lowest BCUT2D eigenvalue weighted by atomic mass is 10.2. The second kappa shape index (κ2) is 7.04. The number of hydrogen-bond donors (Lipinski definition) is 1. The van der Waals surface area contributed by atoms with E-state index in [0.717, 1.165) is 0 Å². The van der Waals surface area contributed by atoms with Crippen LogP contribution in [0.15, 0.2) is 24.3 Å². The molecule has 1 heterocycles. The predicted molar refractivity (Wildman–Crippen MR) is 89.3 cm³/mol. The number of hydrogen-bond acceptors (Lipinski definition) is 5. The lowest BCUT2D eigenvalue weighted by Crippen LogP contribution is -2.47. The van der Waals surface area contributed by atoms with Crippen molar-refractivity contribution in [3.05, 3.63) is 29.8 Å². The Labute approximate surface area is 139 Å². The van der Waals surface area contributed by atoms with Crippen molar-refractivity contribution in [1.82, 2.24) is 4.90 Å². The standard InChI is InChI=1S/C16H20N2O4S/c1-4-22-15(21)11-5-7-12(8-6-11)17-14(20)13-9-23-16(2,3)18(13)10-19/h5-8,10,13H,4,9H2,1-3H3,(H,17,20). The number of nitrogens with one attached hydrogen (secondary N) is 1. The number of carbonyl (C=O) groups excluding carboxylic acids is 3. The van der Waals surface area contributed by atoms with Crippen molar-refractivity contribution in [2.24, 2.45) is 0 Å². The monoisotopic (exact) mass is 336 g/mol. The average molecular weight is 336 g/mol. The number of nitrogens with zero attached hydrogens (tertiary/aromatic N) is 1. The number of esters is 1. The van der Waals surface area contributed by atoms with Gasteiger partial charge in [0.25, 0.3) is 0 Å². The Hall–Kier alpha value is -2.02. The van der Waals surface area contributed by atoms with Crippen molar-refractivity contribution in [2.75, 3.05) is 17.7 Å². The second-order valence-electron chi connectivity index (χ2n) is 5.57. The van der Waals surface area contributed by atoms with E-state index in [0.29, 0.717) is 30.0 Å². The molecule has 1 N–H and O–H groups in total. The van der Waals surface area contributed by atoms with Crippen LogP contribution in [0.25, 0.3) is 0 Å². The van der Waals surface area contributed by atoms with Gasteiger partial charge in [-0.15, -0.1) is 11.8 Å². The van der Waals surface area contributed by atoms with Crippen LogP contribution >= 0.6 is 11.8 Å². The molecule has 124 valence electrons. The van der Waals surface area contributed by atoms with Crippen molar-refractivity contribution >= 4 is 35.7 Å². The molecule has 1 aliphatic heterocycles. The molecule has 0 bridgehead atoms. The van der Waals surface area contributed by atoms with Crippen LogP contribution in [0.4, 0.5) is 5.69 Å². The minimum atomic E-state index is -0.503. The van der Waals surface area contributed by atoms with E-state index in [1.807, 2.05) is 13.8 Å². The van der Waals surface area contributed by atoms with Gasteiger partial charge in [-0.05, 0) is 45.0 Å². The van der Waals surface area contributed by atoms with Crippen LogP contribution in [0, 0.1) is 0 Å². The number of thioether (sulfide) groups is 1. The van der Waals surface area contributed by atoms with E-state index in [4.69, 9.17) is 4.74 Å². The van der Waals surface area contributed by atoms with Gasteiger partial charge in [0.1, 0.15) is 6.04 Å². The summed E-state index contributed by atoms with van der Waals surface area (Å²) in [7, 11) is 0. The van der Waals surface area contributed by atoms with Crippen molar-refractivity contribution in [3.63, 3.8) is 0 Å². The van der Waals surface area contributed by atoms with Gasteiger partial charge in [0.2, 0.25) is 12.3 Å². The Kier molecular flexibility index (Phi) is 5.30. The third-order valence-corrected chi connectivity index (χ3v) is 5.03. The molecule has 1 saturated heterocycles. The minimum Gasteiger partial charge on any atom is -0.462 e. The molecule has 7 heteroatoms. The van der Waals surface area contributed by atoms with Crippen LogP contribution in [0.5, 0.6) is 0 Å².